The number of aromatic amines is 1. The molecule has 1 N–H and O–H groups in total. The van der Waals surface area contributed by atoms with E-state index in [4.69, 9.17) is 0 Å². The highest BCUT2D eigenvalue weighted by Gasteiger charge is 2.15. The lowest BCUT2D eigenvalue weighted by molar-refractivity contribution is -0.110. The zero-order chi connectivity index (χ0) is 15.7. The number of hydrogen-bond acceptors (Lipinski definition) is 2. The van der Waals surface area contributed by atoms with Crippen molar-refractivity contribution in [3.63, 3.8) is 0 Å². The molecular weight excluding hydrogens is 361 g/mol. The summed E-state index contributed by atoms with van der Waals surface area (Å²) in [4.78, 5) is 26.8. The molecule has 0 saturated carbocycles. The number of hydrogen-bond donors (Lipinski definition) is 1. The Morgan fingerprint density at radius 3 is 2.64 bits per heavy atom. The van der Waals surface area contributed by atoms with Crippen molar-refractivity contribution in [2.75, 3.05) is 0 Å². The van der Waals surface area contributed by atoms with Crippen LogP contribution < -0.4 is 5.56 Å². The second kappa shape index (κ2) is 6.15. The minimum atomic E-state index is -0.218. The Bertz CT molecular complexity index is 933. The van der Waals surface area contributed by atoms with Crippen LogP contribution in [-0.4, -0.2) is 10.5 Å². The lowest BCUT2D eigenvalue weighted by atomic mass is 9.95. The summed E-state index contributed by atoms with van der Waals surface area (Å²) in [6.45, 7) is 0. The highest BCUT2D eigenvalue weighted by Crippen LogP contribution is 2.31. The second-order valence-electron chi connectivity index (χ2n) is 5.01. The highest BCUT2D eigenvalue weighted by atomic mass is 79.9. The van der Waals surface area contributed by atoms with Crippen LogP contribution >= 0.6 is 25.2 Å². The Labute approximate surface area is 138 Å². The SMILES string of the molecule is O=C(P)Cc1c(-c2cccc(Br)c2)c2ccccc2[nH]c1=O. The lowest BCUT2D eigenvalue weighted by Gasteiger charge is -2.12. The fourth-order valence-corrected chi connectivity index (χ4v) is 3.20. The number of benzene rings is 2. The molecule has 22 heavy (non-hydrogen) atoms. The van der Waals surface area contributed by atoms with E-state index in [0.717, 1.165) is 26.5 Å². The number of rotatable bonds is 3. The molecule has 0 aliphatic heterocycles. The van der Waals surface area contributed by atoms with Gasteiger partial charge in [-0.2, -0.15) is 0 Å². The zero-order valence-corrected chi connectivity index (χ0v) is 14.3. The van der Waals surface area contributed by atoms with Crippen molar-refractivity contribution in [2.24, 2.45) is 0 Å². The predicted octanol–water partition coefficient (Wildman–Crippen LogP) is 3.90. The number of H-pyrrole nitrogens is 1. The molecule has 2 aromatic carbocycles. The number of para-hydroxylation sites is 1. The molecule has 0 aliphatic rings. The molecule has 3 nitrogen and oxygen atoms in total. The van der Waals surface area contributed by atoms with E-state index < -0.39 is 0 Å². The van der Waals surface area contributed by atoms with E-state index in [-0.39, 0.29) is 17.5 Å². The van der Waals surface area contributed by atoms with Crippen molar-refractivity contribution in [1.82, 2.24) is 4.98 Å². The second-order valence-corrected chi connectivity index (χ2v) is 6.57. The maximum absolute atomic E-state index is 12.4. The topological polar surface area (TPSA) is 49.9 Å². The van der Waals surface area contributed by atoms with Gasteiger partial charge in [0.05, 0.1) is 0 Å². The average Bonchev–Trinajstić information content (AvgIpc) is 2.47. The van der Waals surface area contributed by atoms with Gasteiger partial charge in [-0.1, -0.05) is 55.5 Å². The Hall–Kier alpha value is -1.77. The van der Waals surface area contributed by atoms with Crippen LogP contribution in [0.25, 0.3) is 22.0 Å². The normalized spacial score (nSPS) is 10.8. The maximum Gasteiger partial charge on any atom is 0.252 e. The molecule has 0 amide bonds. The first-order valence-corrected chi connectivity index (χ1v) is 8.11. The van der Waals surface area contributed by atoms with Gasteiger partial charge in [-0.15, -0.1) is 0 Å². The largest absolute Gasteiger partial charge is 0.322 e. The third-order valence-electron chi connectivity index (χ3n) is 3.48. The molecule has 1 atom stereocenters. The summed E-state index contributed by atoms with van der Waals surface area (Å²) in [5, 5.41) is 0.932. The monoisotopic (exact) mass is 373 g/mol. The minimum Gasteiger partial charge on any atom is -0.322 e. The minimum absolute atomic E-state index is 0.0900. The van der Waals surface area contributed by atoms with Gasteiger partial charge in [0.25, 0.3) is 5.56 Å². The van der Waals surface area contributed by atoms with Gasteiger partial charge in [0.2, 0.25) is 0 Å². The number of fused-ring (bicyclic) bond motifs is 1. The molecule has 0 aliphatic carbocycles. The fraction of sp³-hybridized carbons (Fsp3) is 0.0588. The molecule has 0 radical (unpaired) electrons. The van der Waals surface area contributed by atoms with Crippen LogP contribution in [0.15, 0.2) is 57.8 Å². The van der Waals surface area contributed by atoms with Crippen molar-refractivity contribution >= 4 is 41.6 Å². The van der Waals surface area contributed by atoms with Crippen LogP contribution in [0.3, 0.4) is 0 Å². The fourth-order valence-electron chi connectivity index (χ4n) is 2.60. The summed E-state index contributed by atoms with van der Waals surface area (Å²) >= 11 is 3.46. The van der Waals surface area contributed by atoms with Gasteiger partial charge in [-0.05, 0) is 23.8 Å². The van der Waals surface area contributed by atoms with Gasteiger partial charge in [0.15, 0.2) is 5.52 Å². The van der Waals surface area contributed by atoms with Crippen molar-refractivity contribution < 1.29 is 4.79 Å². The van der Waals surface area contributed by atoms with Crippen molar-refractivity contribution in [2.45, 2.75) is 6.42 Å². The Morgan fingerprint density at radius 2 is 1.91 bits per heavy atom. The number of nitrogens with one attached hydrogen (secondary N) is 1. The van der Waals surface area contributed by atoms with E-state index in [0.29, 0.717) is 5.56 Å². The standard InChI is InChI=1S/C17H13BrNO2P/c18-11-5-3-4-10(8-11)16-12-6-1-2-7-14(12)19-17(21)13(16)9-15(20)22/h1-8H,9,22H2,(H,19,21). The number of aromatic nitrogens is 1. The van der Waals surface area contributed by atoms with Crippen LogP contribution in [0.2, 0.25) is 0 Å². The molecule has 0 fully saturated rings. The summed E-state index contributed by atoms with van der Waals surface area (Å²) in [6.07, 6.45) is 0.0900. The van der Waals surface area contributed by atoms with Gasteiger partial charge in [-0.3, -0.25) is 9.59 Å². The van der Waals surface area contributed by atoms with Crippen molar-refractivity contribution in [1.29, 1.82) is 0 Å². The van der Waals surface area contributed by atoms with Gasteiger partial charge in [0.1, 0.15) is 0 Å². The third-order valence-corrected chi connectivity index (χ3v) is 4.18. The molecule has 5 heteroatoms. The third kappa shape index (κ3) is 2.90. The maximum atomic E-state index is 12.4. The first-order valence-electron chi connectivity index (χ1n) is 6.74. The molecule has 1 heterocycles. The van der Waals surface area contributed by atoms with Gasteiger partial charge >= 0.3 is 0 Å². The Kier molecular flexibility index (Phi) is 4.23. The molecule has 0 saturated heterocycles. The van der Waals surface area contributed by atoms with Crippen molar-refractivity contribution in [3.8, 4) is 11.1 Å². The van der Waals surface area contributed by atoms with E-state index in [1.54, 1.807) is 0 Å². The van der Waals surface area contributed by atoms with E-state index in [1.807, 2.05) is 48.5 Å². The first kappa shape index (κ1) is 15.1. The molecule has 1 unspecified atom stereocenters. The summed E-state index contributed by atoms with van der Waals surface area (Å²) in [6, 6.07) is 15.4. The molecule has 3 rings (SSSR count). The molecule has 3 aromatic rings. The van der Waals surface area contributed by atoms with Crippen LogP contribution in [0.4, 0.5) is 0 Å². The van der Waals surface area contributed by atoms with Gasteiger partial charge in [-0.25, -0.2) is 0 Å². The molecule has 1 aromatic heterocycles. The Morgan fingerprint density at radius 1 is 1.14 bits per heavy atom. The van der Waals surface area contributed by atoms with Crippen LogP contribution in [0.1, 0.15) is 5.56 Å². The predicted molar refractivity (Wildman–Crippen MR) is 96.1 cm³/mol. The van der Waals surface area contributed by atoms with Crippen LogP contribution in [0.5, 0.6) is 0 Å². The average molecular weight is 374 g/mol. The molecule has 0 bridgehead atoms. The van der Waals surface area contributed by atoms with E-state index in [9.17, 15) is 9.59 Å². The van der Waals surface area contributed by atoms with E-state index in [1.165, 1.54) is 0 Å². The first-order chi connectivity index (χ1) is 10.6. The molecule has 0 spiro atoms. The smallest absolute Gasteiger partial charge is 0.252 e. The Balaban J connectivity index is 2.42. The summed E-state index contributed by atoms with van der Waals surface area (Å²) in [5.74, 6) is 0. The summed E-state index contributed by atoms with van der Waals surface area (Å²) in [5.41, 5.74) is 2.66. The van der Waals surface area contributed by atoms with Gasteiger partial charge < -0.3 is 4.98 Å². The number of halogens is 1. The molecule has 110 valence electrons. The van der Waals surface area contributed by atoms with Gasteiger partial charge in [0, 0.05) is 32.9 Å². The van der Waals surface area contributed by atoms with Crippen LogP contribution in [0, 0.1) is 0 Å². The van der Waals surface area contributed by atoms with Crippen molar-refractivity contribution in [3.05, 3.63) is 68.9 Å². The quantitative estimate of drug-likeness (QED) is 0.707. The highest BCUT2D eigenvalue weighted by molar-refractivity contribution is 9.10. The van der Waals surface area contributed by atoms with E-state index >= 15 is 0 Å². The zero-order valence-electron chi connectivity index (χ0n) is 11.6. The van der Waals surface area contributed by atoms with Crippen LogP contribution in [-0.2, 0) is 11.2 Å². The molecular formula is C17H13BrNO2P. The summed E-state index contributed by atoms with van der Waals surface area (Å²) in [7, 11) is 2.13. The number of carbonyl (C=O) groups is 1. The summed E-state index contributed by atoms with van der Waals surface area (Å²) < 4.78 is 0.928. The number of carbonyl (C=O) groups excluding carboxylic acids is 1. The number of pyridine rings is 1. The van der Waals surface area contributed by atoms with E-state index in [2.05, 4.69) is 30.2 Å². The lowest BCUT2D eigenvalue weighted by Crippen LogP contribution is -2.16.